The molecule has 1 atom stereocenters. The van der Waals surface area contributed by atoms with Crippen molar-refractivity contribution in [1.82, 2.24) is 4.90 Å². The summed E-state index contributed by atoms with van der Waals surface area (Å²) >= 11 is 0. The van der Waals surface area contributed by atoms with Gasteiger partial charge >= 0.3 is 18.4 Å². The summed E-state index contributed by atoms with van der Waals surface area (Å²) < 4.78 is 79.0. The first-order valence-corrected chi connectivity index (χ1v) is 8.71. The van der Waals surface area contributed by atoms with Crippen molar-refractivity contribution in [3.8, 4) is 0 Å². The van der Waals surface area contributed by atoms with E-state index in [0.29, 0.717) is 22.6 Å². The Bertz CT molecular complexity index is 955. The molecule has 1 heterocycles. The molecule has 3 amide bonds. The minimum Gasteiger partial charge on any atom is -0.312 e. The van der Waals surface area contributed by atoms with E-state index < -0.39 is 46.6 Å². The van der Waals surface area contributed by atoms with E-state index in [-0.39, 0.29) is 12.5 Å². The molecule has 1 fully saturated rings. The van der Waals surface area contributed by atoms with Crippen LogP contribution in [-0.4, -0.2) is 29.4 Å². The van der Waals surface area contributed by atoms with Crippen LogP contribution in [0.4, 0.5) is 36.8 Å². The van der Waals surface area contributed by atoms with Gasteiger partial charge in [0, 0.05) is 13.5 Å². The van der Waals surface area contributed by atoms with Gasteiger partial charge in [-0.1, -0.05) is 30.3 Å². The topological polar surface area (TPSA) is 40.6 Å². The Labute approximate surface area is 167 Å². The van der Waals surface area contributed by atoms with Crippen molar-refractivity contribution < 1.29 is 35.9 Å². The summed E-state index contributed by atoms with van der Waals surface area (Å²) in [6.07, 6.45) is -10.2. The van der Waals surface area contributed by atoms with E-state index in [0.717, 1.165) is 4.90 Å². The van der Waals surface area contributed by atoms with Gasteiger partial charge in [0.1, 0.15) is 5.54 Å². The maximum atomic E-state index is 13.2. The predicted molar refractivity (Wildman–Crippen MR) is 95.6 cm³/mol. The molecular weight excluding hydrogens is 414 g/mol. The van der Waals surface area contributed by atoms with Crippen LogP contribution in [0.2, 0.25) is 0 Å². The first kappa shape index (κ1) is 21.7. The Morgan fingerprint density at radius 1 is 0.867 bits per heavy atom. The van der Waals surface area contributed by atoms with E-state index in [2.05, 4.69) is 0 Å². The molecule has 4 nitrogen and oxygen atoms in total. The number of anilines is 1. The Hall–Kier alpha value is -3.04. The normalized spacial score (nSPS) is 20.3. The molecule has 160 valence electrons. The summed E-state index contributed by atoms with van der Waals surface area (Å²) in [5, 5.41) is 0. The van der Waals surface area contributed by atoms with E-state index in [1.807, 2.05) is 0 Å². The van der Waals surface area contributed by atoms with Crippen molar-refractivity contribution in [1.29, 1.82) is 0 Å². The molecule has 30 heavy (non-hydrogen) atoms. The third kappa shape index (κ3) is 3.73. The zero-order chi connectivity index (χ0) is 22.5. The van der Waals surface area contributed by atoms with Gasteiger partial charge in [-0.05, 0) is 30.7 Å². The van der Waals surface area contributed by atoms with E-state index >= 15 is 0 Å². The van der Waals surface area contributed by atoms with Crippen molar-refractivity contribution in [2.45, 2.75) is 31.2 Å². The third-order valence-corrected chi connectivity index (χ3v) is 5.10. The largest absolute Gasteiger partial charge is 0.416 e. The SMILES string of the molecule is CN1C(=O)N(c2cc(C(F)(F)F)cc(C(F)(F)F)c2)C(=O)[C@@]1(C)Cc1ccccc1. The molecule has 2 aromatic rings. The fourth-order valence-electron chi connectivity index (χ4n) is 3.32. The number of urea groups is 1. The average molecular weight is 430 g/mol. The van der Waals surface area contributed by atoms with E-state index in [1.54, 1.807) is 30.3 Å². The van der Waals surface area contributed by atoms with Crippen LogP contribution in [0.5, 0.6) is 0 Å². The number of rotatable bonds is 3. The Morgan fingerprint density at radius 2 is 1.37 bits per heavy atom. The molecule has 0 spiro atoms. The molecule has 3 rings (SSSR count). The van der Waals surface area contributed by atoms with Crippen LogP contribution in [0.1, 0.15) is 23.6 Å². The number of halogens is 6. The molecule has 1 aliphatic rings. The number of carbonyl (C=O) groups excluding carboxylic acids is 2. The lowest BCUT2D eigenvalue weighted by molar-refractivity contribution is -0.143. The minimum absolute atomic E-state index is 0.0382. The maximum absolute atomic E-state index is 13.2. The number of imide groups is 1. The smallest absolute Gasteiger partial charge is 0.312 e. The standard InChI is InChI=1S/C20H16F6N2O2/c1-18(11-12-6-4-3-5-7-12)16(29)28(17(30)27(18)2)15-9-13(19(21,22)23)8-14(10-15)20(24,25)26/h3-10H,11H2,1-2H3/t18-/m1/s1. The second-order valence-corrected chi connectivity index (χ2v) is 7.18. The zero-order valence-electron chi connectivity index (χ0n) is 15.8. The molecular formula is C20H16F6N2O2. The number of likely N-dealkylation sites (N-methyl/N-ethyl adjacent to an activating group) is 1. The minimum atomic E-state index is -5.10. The molecule has 0 N–H and O–H groups in total. The van der Waals surface area contributed by atoms with Crippen molar-refractivity contribution in [3.63, 3.8) is 0 Å². The molecule has 0 saturated carbocycles. The highest BCUT2D eigenvalue weighted by atomic mass is 19.4. The fourth-order valence-corrected chi connectivity index (χ4v) is 3.32. The first-order valence-electron chi connectivity index (χ1n) is 8.71. The Kier molecular flexibility index (Phi) is 5.08. The lowest BCUT2D eigenvalue weighted by Gasteiger charge is -2.28. The quantitative estimate of drug-likeness (QED) is 0.501. The second kappa shape index (κ2) is 7.03. The molecule has 0 unspecified atom stereocenters. The van der Waals surface area contributed by atoms with Gasteiger partial charge in [0.2, 0.25) is 0 Å². The summed E-state index contributed by atoms with van der Waals surface area (Å²) in [6, 6.07) is 8.23. The number of carbonyl (C=O) groups is 2. The van der Waals surface area contributed by atoms with Crippen LogP contribution >= 0.6 is 0 Å². The molecule has 1 aliphatic heterocycles. The highest BCUT2D eigenvalue weighted by Gasteiger charge is 2.53. The predicted octanol–water partition coefficient (Wildman–Crippen LogP) is 5.12. The molecule has 10 heteroatoms. The van der Waals surface area contributed by atoms with Gasteiger partial charge in [-0.25, -0.2) is 9.69 Å². The highest BCUT2D eigenvalue weighted by Crippen LogP contribution is 2.41. The van der Waals surface area contributed by atoms with Gasteiger partial charge < -0.3 is 4.90 Å². The average Bonchev–Trinajstić information content (AvgIpc) is 2.81. The summed E-state index contributed by atoms with van der Waals surface area (Å²) in [5.41, 5.74) is -4.80. The van der Waals surface area contributed by atoms with Crippen molar-refractivity contribution >= 4 is 17.6 Å². The second-order valence-electron chi connectivity index (χ2n) is 7.18. The Morgan fingerprint density at radius 3 is 1.83 bits per heavy atom. The van der Waals surface area contributed by atoms with Crippen molar-refractivity contribution in [3.05, 3.63) is 65.2 Å². The van der Waals surface area contributed by atoms with Gasteiger partial charge in [-0.2, -0.15) is 26.3 Å². The van der Waals surface area contributed by atoms with Crippen molar-refractivity contribution in [2.24, 2.45) is 0 Å². The number of amides is 3. The van der Waals surface area contributed by atoms with E-state index in [4.69, 9.17) is 0 Å². The molecule has 0 radical (unpaired) electrons. The monoisotopic (exact) mass is 430 g/mol. The van der Waals surface area contributed by atoms with Crippen molar-refractivity contribution in [2.75, 3.05) is 11.9 Å². The number of benzene rings is 2. The first-order chi connectivity index (χ1) is 13.7. The van der Waals surface area contributed by atoms with Gasteiger partial charge in [-0.15, -0.1) is 0 Å². The third-order valence-electron chi connectivity index (χ3n) is 5.10. The van der Waals surface area contributed by atoms with Crippen LogP contribution in [0.15, 0.2) is 48.5 Å². The summed E-state index contributed by atoms with van der Waals surface area (Å²) in [7, 11) is 1.28. The van der Waals surface area contributed by atoms with Crippen LogP contribution < -0.4 is 4.90 Å². The van der Waals surface area contributed by atoms with E-state index in [1.165, 1.54) is 14.0 Å². The van der Waals surface area contributed by atoms with Gasteiger partial charge in [0.05, 0.1) is 16.8 Å². The fraction of sp³-hybridized carbons (Fsp3) is 0.300. The van der Waals surface area contributed by atoms with Crippen LogP contribution in [0, 0.1) is 0 Å². The lowest BCUT2D eigenvalue weighted by atomic mass is 9.91. The highest BCUT2D eigenvalue weighted by molar-refractivity contribution is 6.23. The Balaban J connectivity index is 2.09. The summed E-state index contributed by atoms with van der Waals surface area (Å²) in [5.74, 6) is -0.911. The van der Waals surface area contributed by atoms with Crippen LogP contribution in [-0.2, 0) is 23.6 Å². The molecule has 0 aliphatic carbocycles. The van der Waals surface area contributed by atoms with Gasteiger partial charge in [0.25, 0.3) is 5.91 Å². The van der Waals surface area contributed by atoms with E-state index in [9.17, 15) is 35.9 Å². The number of nitrogens with zero attached hydrogens (tertiary/aromatic N) is 2. The van der Waals surface area contributed by atoms with Crippen LogP contribution in [0.3, 0.4) is 0 Å². The van der Waals surface area contributed by atoms with Gasteiger partial charge in [0.15, 0.2) is 0 Å². The summed E-state index contributed by atoms with van der Waals surface area (Å²) in [6.45, 7) is 1.42. The number of hydrogen-bond donors (Lipinski definition) is 0. The zero-order valence-corrected chi connectivity index (χ0v) is 15.8. The molecule has 2 aromatic carbocycles. The maximum Gasteiger partial charge on any atom is 0.416 e. The lowest BCUT2D eigenvalue weighted by Crippen LogP contribution is -2.47. The van der Waals surface area contributed by atoms with Crippen LogP contribution in [0.25, 0.3) is 0 Å². The number of hydrogen-bond acceptors (Lipinski definition) is 2. The van der Waals surface area contributed by atoms with Gasteiger partial charge in [-0.3, -0.25) is 4.79 Å². The number of alkyl halides is 6. The summed E-state index contributed by atoms with van der Waals surface area (Å²) in [4.78, 5) is 27.2. The molecule has 1 saturated heterocycles. The molecule has 0 aromatic heterocycles. The molecule has 0 bridgehead atoms.